The van der Waals surface area contributed by atoms with E-state index in [1.54, 1.807) is 18.2 Å². The summed E-state index contributed by atoms with van der Waals surface area (Å²) < 4.78 is 11.3. The van der Waals surface area contributed by atoms with Crippen LogP contribution in [-0.4, -0.2) is 31.7 Å². The van der Waals surface area contributed by atoms with Gasteiger partial charge in [-0.15, -0.1) is 0 Å². The molecule has 0 spiro atoms. The van der Waals surface area contributed by atoms with Crippen LogP contribution in [0.15, 0.2) is 18.2 Å². The molecule has 1 amide bonds. The van der Waals surface area contributed by atoms with E-state index in [2.05, 4.69) is 12.2 Å². The summed E-state index contributed by atoms with van der Waals surface area (Å²) in [5, 5.41) is 2.90. The van der Waals surface area contributed by atoms with Gasteiger partial charge in [-0.1, -0.05) is 13.3 Å². The van der Waals surface area contributed by atoms with Gasteiger partial charge in [0.1, 0.15) is 0 Å². The predicted molar refractivity (Wildman–Crippen MR) is 91.0 cm³/mol. The number of benzene rings is 1. The first-order valence-corrected chi connectivity index (χ1v) is 8.59. The zero-order chi connectivity index (χ0) is 16.7. The van der Waals surface area contributed by atoms with Crippen molar-refractivity contribution in [1.29, 1.82) is 0 Å². The van der Waals surface area contributed by atoms with Gasteiger partial charge in [0.2, 0.25) is 0 Å². The van der Waals surface area contributed by atoms with E-state index in [1.165, 1.54) is 12.8 Å². The van der Waals surface area contributed by atoms with Crippen molar-refractivity contribution in [3.63, 3.8) is 0 Å². The first kappa shape index (κ1) is 17.6. The fraction of sp³-hybridized carbons (Fsp3) is 0.611. The molecule has 0 heterocycles. The van der Waals surface area contributed by atoms with Gasteiger partial charge in [-0.3, -0.25) is 4.79 Å². The molecule has 0 aliphatic heterocycles. The maximum atomic E-state index is 12.3. The van der Waals surface area contributed by atoms with Gasteiger partial charge in [-0.05, 0) is 50.3 Å². The van der Waals surface area contributed by atoms with Crippen LogP contribution in [0.3, 0.4) is 0 Å². The number of carbonyl (C=O) groups excluding carboxylic acids is 1. The van der Waals surface area contributed by atoms with Crippen LogP contribution in [0.2, 0.25) is 0 Å². The summed E-state index contributed by atoms with van der Waals surface area (Å²) in [6.07, 6.45) is 4.42. The van der Waals surface area contributed by atoms with Crippen molar-refractivity contribution in [2.24, 2.45) is 11.7 Å². The molecule has 5 heteroatoms. The van der Waals surface area contributed by atoms with Gasteiger partial charge in [0, 0.05) is 18.2 Å². The Morgan fingerprint density at radius 3 is 2.74 bits per heavy atom. The maximum absolute atomic E-state index is 12.3. The molecule has 1 aliphatic rings. The molecule has 1 saturated carbocycles. The highest BCUT2D eigenvalue weighted by molar-refractivity contribution is 5.94. The molecule has 0 bridgehead atoms. The maximum Gasteiger partial charge on any atom is 0.251 e. The minimum Gasteiger partial charge on any atom is -0.490 e. The molecule has 1 atom stereocenters. The van der Waals surface area contributed by atoms with Crippen molar-refractivity contribution < 1.29 is 14.3 Å². The molecule has 1 unspecified atom stereocenters. The minimum absolute atomic E-state index is 0.0574. The summed E-state index contributed by atoms with van der Waals surface area (Å²) in [7, 11) is 0. The Morgan fingerprint density at radius 2 is 2.09 bits per heavy atom. The Kier molecular flexibility index (Phi) is 6.71. The molecular formula is C18H28N2O3. The molecule has 1 aromatic carbocycles. The molecule has 2 rings (SSSR count). The Balaban J connectivity index is 1.97. The van der Waals surface area contributed by atoms with E-state index >= 15 is 0 Å². The number of hydrogen-bond acceptors (Lipinski definition) is 4. The second-order valence-electron chi connectivity index (χ2n) is 6.01. The van der Waals surface area contributed by atoms with Gasteiger partial charge < -0.3 is 20.5 Å². The van der Waals surface area contributed by atoms with E-state index < -0.39 is 0 Å². The molecule has 3 N–H and O–H groups in total. The van der Waals surface area contributed by atoms with Gasteiger partial charge in [0.15, 0.2) is 11.5 Å². The first-order chi connectivity index (χ1) is 11.2. The van der Waals surface area contributed by atoms with Crippen molar-refractivity contribution in [3.8, 4) is 11.5 Å². The van der Waals surface area contributed by atoms with Gasteiger partial charge >= 0.3 is 0 Å². The molecule has 1 fully saturated rings. The summed E-state index contributed by atoms with van der Waals surface area (Å²) in [5.41, 5.74) is 6.58. The summed E-state index contributed by atoms with van der Waals surface area (Å²) in [6.45, 7) is 5.73. The summed E-state index contributed by atoms with van der Waals surface area (Å²) in [4.78, 5) is 12.3. The molecule has 128 valence electrons. The number of amides is 1. The number of rotatable bonds is 10. The number of ether oxygens (including phenoxy) is 2. The van der Waals surface area contributed by atoms with Crippen LogP contribution >= 0.6 is 0 Å². The van der Waals surface area contributed by atoms with Crippen LogP contribution in [0.1, 0.15) is 49.9 Å². The van der Waals surface area contributed by atoms with E-state index in [9.17, 15) is 4.79 Å². The molecule has 0 radical (unpaired) electrons. The fourth-order valence-electron chi connectivity index (χ4n) is 2.37. The van der Waals surface area contributed by atoms with Crippen molar-refractivity contribution in [3.05, 3.63) is 23.8 Å². The Hall–Kier alpha value is -1.75. The Bertz CT molecular complexity index is 515. The normalized spacial score (nSPS) is 15.1. The number of nitrogens with one attached hydrogen (secondary N) is 1. The monoisotopic (exact) mass is 320 g/mol. The van der Waals surface area contributed by atoms with E-state index in [-0.39, 0.29) is 11.9 Å². The molecule has 0 aromatic heterocycles. The van der Waals surface area contributed by atoms with Crippen molar-refractivity contribution in [2.45, 2.75) is 45.6 Å². The van der Waals surface area contributed by atoms with Gasteiger partial charge in [0.25, 0.3) is 5.91 Å². The quantitative estimate of drug-likeness (QED) is 0.650. The fourth-order valence-corrected chi connectivity index (χ4v) is 2.37. The van der Waals surface area contributed by atoms with E-state index in [0.717, 1.165) is 12.8 Å². The zero-order valence-electron chi connectivity index (χ0n) is 14.1. The standard InChI is InChI=1S/C18H28N2O3/c1-3-5-10-23-16-9-8-14(11-17(16)22-4-2)18(21)20-12-15(19)13-6-7-13/h8-9,11,13,15H,3-7,10,12,19H2,1-2H3,(H,20,21). The van der Waals surface area contributed by atoms with Crippen LogP contribution in [0.4, 0.5) is 0 Å². The Labute approximate surface area is 138 Å². The second-order valence-corrected chi connectivity index (χ2v) is 6.01. The van der Waals surface area contributed by atoms with Crippen LogP contribution in [0, 0.1) is 5.92 Å². The summed E-state index contributed by atoms with van der Waals surface area (Å²) >= 11 is 0. The third-order valence-corrected chi connectivity index (χ3v) is 3.99. The lowest BCUT2D eigenvalue weighted by Gasteiger charge is -2.14. The highest BCUT2D eigenvalue weighted by Gasteiger charge is 2.28. The highest BCUT2D eigenvalue weighted by atomic mass is 16.5. The van der Waals surface area contributed by atoms with E-state index in [0.29, 0.717) is 42.7 Å². The highest BCUT2D eigenvalue weighted by Crippen LogP contribution is 2.31. The summed E-state index contributed by atoms with van der Waals surface area (Å²) in [5.74, 6) is 1.75. The van der Waals surface area contributed by atoms with Crippen molar-refractivity contribution in [1.82, 2.24) is 5.32 Å². The second kappa shape index (κ2) is 8.77. The minimum atomic E-state index is -0.123. The Morgan fingerprint density at radius 1 is 1.30 bits per heavy atom. The van der Waals surface area contributed by atoms with Crippen LogP contribution in [-0.2, 0) is 0 Å². The average Bonchev–Trinajstić information content (AvgIpc) is 3.39. The average molecular weight is 320 g/mol. The largest absolute Gasteiger partial charge is 0.490 e. The molecule has 23 heavy (non-hydrogen) atoms. The van der Waals surface area contributed by atoms with Crippen LogP contribution < -0.4 is 20.5 Å². The topological polar surface area (TPSA) is 73.6 Å². The smallest absolute Gasteiger partial charge is 0.251 e. The van der Waals surface area contributed by atoms with Gasteiger partial charge in [0.05, 0.1) is 13.2 Å². The van der Waals surface area contributed by atoms with Gasteiger partial charge in [-0.25, -0.2) is 0 Å². The van der Waals surface area contributed by atoms with Crippen LogP contribution in [0.5, 0.6) is 11.5 Å². The number of nitrogens with two attached hydrogens (primary N) is 1. The SMILES string of the molecule is CCCCOc1ccc(C(=O)NCC(N)C2CC2)cc1OCC. The van der Waals surface area contributed by atoms with Gasteiger partial charge in [-0.2, -0.15) is 0 Å². The van der Waals surface area contributed by atoms with Crippen molar-refractivity contribution >= 4 is 5.91 Å². The van der Waals surface area contributed by atoms with Crippen molar-refractivity contribution in [2.75, 3.05) is 19.8 Å². The van der Waals surface area contributed by atoms with E-state index in [4.69, 9.17) is 15.2 Å². The third kappa shape index (κ3) is 5.43. The lowest BCUT2D eigenvalue weighted by molar-refractivity contribution is 0.0949. The summed E-state index contributed by atoms with van der Waals surface area (Å²) in [6, 6.07) is 5.36. The molecule has 0 saturated heterocycles. The predicted octanol–water partition coefficient (Wildman–Crippen LogP) is 2.73. The number of carbonyl (C=O) groups is 1. The van der Waals surface area contributed by atoms with Crippen LogP contribution in [0.25, 0.3) is 0 Å². The molecular weight excluding hydrogens is 292 g/mol. The molecule has 1 aromatic rings. The zero-order valence-corrected chi connectivity index (χ0v) is 14.1. The third-order valence-electron chi connectivity index (χ3n) is 3.99. The number of hydrogen-bond donors (Lipinski definition) is 2. The lowest BCUT2D eigenvalue weighted by Crippen LogP contribution is -2.38. The number of unbranched alkanes of at least 4 members (excludes halogenated alkanes) is 1. The lowest BCUT2D eigenvalue weighted by atomic mass is 10.1. The molecule has 5 nitrogen and oxygen atoms in total. The first-order valence-electron chi connectivity index (χ1n) is 8.59. The van der Waals surface area contributed by atoms with E-state index in [1.807, 2.05) is 6.92 Å². The molecule has 1 aliphatic carbocycles.